The average molecular weight is 305 g/mol. The Morgan fingerprint density at radius 1 is 1.23 bits per heavy atom. The second-order valence-corrected chi connectivity index (χ2v) is 5.80. The molecule has 0 aromatic heterocycles. The smallest absolute Gasteiger partial charge is 0.252 e. The molecule has 2 fully saturated rings. The van der Waals surface area contributed by atoms with Gasteiger partial charge in [0.05, 0.1) is 20.3 Å². The molecule has 0 bridgehead atoms. The molecule has 120 valence electrons. The van der Waals surface area contributed by atoms with Gasteiger partial charge in [-0.25, -0.2) is 0 Å². The minimum Gasteiger partial charge on any atom is -0.497 e. The summed E-state index contributed by atoms with van der Waals surface area (Å²) in [4.78, 5) is 14.7. The van der Waals surface area contributed by atoms with E-state index < -0.39 is 0 Å². The fourth-order valence-corrected chi connectivity index (χ4v) is 3.41. The molecule has 1 amide bonds. The number of likely N-dealkylation sites (tertiary alicyclic amines) is 1. The molecule has 2 atom stereocenters. The first-order valence-electron chi connectivity index (χ1n) is 7.88. The van der Waals surface area contributed by atoms with E-state index in [9.17, 15) is 4.79 Å². The molecule has 0 aliphatic carbocycles. The molecular formula is C17H23NO4. The third-order valence-electron chi connectivity index (χ3n) is 4.54. The predicted octanol–water partition coefficient (Wildman–Crippen LogP) is 2.55. The van der Waals surface area contributed by atoms with E-state index in [1.165, 1.54) is 0 Å². The first-order chi connectivity index (χ1) is 10.7. The van der Waals surface area contributed by atoms with Gasteiger partial charge in [0.25, 0.3) is 5.91 Å². The summed E-state index contributed by atoms with van der Waals surface area (Å²) in [6.07, 6.45) is 3.48. The van der Waals surface area contributed by atoms with Crippen LogP contribution in [0.4, 0.5) is 0 Å². The van der Waals surface area contributed by atoms with Crippen molar-refractivity contribution in [3.8, 4) is 11.5 Å². The van der Waals surface area contributed by atoms with E-state index in [1.54, 1.807) is 14.2 Å². The van der Waals surface area contributed by atoms with Crippen molar-refractivity contribution >= 4 is 5.91 Å². The summed E-state index contributed by atoms with van der Waals surface area (Å²) in [5.74, 6) is 1.70. The topological polar surface area (TPSA) is 48.0 Å². The zero-order valence-corrected chi connectivity index (χ0v) is 13.2. The number of hydrogen-bond acceptors (Lipinski definition) is 4. The van der Waals surface area contributed by atoms with Crippen LogP contribution in [0.3, 0.4) is 0 Å². The maximum absolute atomic E-state index is 12.7. The van der Waals surface area contributed by atoms with E-state index in [0.29, 0.717) is 6.61 Å². The van der Waals surface area contributed by atoms with Crippen molar-refractivity contribution in [2.24, 2.45) is 0 Å². The van der Waals surface area contributed by atoms with Crippen molar-refractivity contribution < 1.29 is 19.0 Å². The third-order valence-corrected chi connectivity index (χ3v) is 4.54. The van der Waals surface area contributed by atoms with Crippen LogP contribution < -0.4 is 9.47 Å². The lowest BCUT2D eigenvalue weighted by molar-refractivity contribution is -0.141. The molecule has 1 aromatic carbocycles. The number of hydrogen-bond donors (Lipinski definition) is 0. The summed E-state index contributed by atoms with van der Waals surface area (Å²) in [6.45, 7) is 1.47. The molecule has 2 saturated heterocycles. The van der Waals surface area contributed by atoms with Crippen LogP contribution in [0.2, 0.25) is 0 Å². The number of carbonyl (C=O) groups is 1. The Labute approximate surface area is 131 Å². The van der Waals surface area contributed by atoms with Crippen molar-refractivity contribution in [2.45, 2.75) is 37.8 Å². The third kappa shape index (κ3) is 2.77. The molecule has 0 spiro atoms. The van der Waals surface area contributed by atoms with E-state index in [-0.39, 0.29) is 18.1 Å². The monoisotopic (exact) mass is 305 g/mol. The number of benzene rings is 1. The molecule has 22 heavy (non-hydrogen) atoms. The molecular weight excluding hydrogens is 282 g/mol. The van der Waals surface area contributed by atoms with Gasteiger partial charge in [-0.3, -0.25) is 4.79 Å². The Balaban J connectivity index is 1.87. The van der Waals surface area contributed by atoms with Crippen molar-refractivity contribution in [1.82, 2.24) is 4.90 Å². The van der Waals surface area contributed by atoms with Crippen LogP contribution in [0.15, 0.2) is 18.2 Å². The van der Waals surface area contributed by atoms with E-state index in [4.69, 9.17) is 14.2 Å². The Morgan fingerprint density at radius 2 is 2.09 bits per heavy atom. The van der Waals surface area contributed by atoms with Gasteiger partial charge in [-0.15, -0.1) is 0 Å². The Kier molecular flexibility index (Phi) is 4.52. The van der Waals surface area contributed by atoms with Crippen molar-refractivity contribution in [2.75, 3.05) is 27.4 Å². The Morgan fingerprint density at radius 3 is 2.77 bits per heavy atom. The van der Waals surface area contributed by atoms with Crippen LogP contribution in [0.1, 0.15) is 37.3 Å². The number of ether oxygens (including phenoxy) is 3. The number of carbonyl (C=O) groups excluding carboxylic acids is 1. The first kappa shape index (κ1) is 15.2. The second-order valence-electron chi connectivity index (χ2n) is 5.80. The summed E-state index contributed by atoms with van der Waals surface area (Å²) >= 11 is 0. The van der Waals surface area contributed by atoms with Gasteiger partial charge in [-0.05, 0) is 43.9 Å². The first-order valence-corrected chi connectivity index (χ1v) is 7.88. The average Bonchev–Trinajstić information content (AvgIpc) is 3.24. The SMILES string of the molecule is COc1ccc(OC)c(C2CCCN2C(=O)C2CCCO2)c1. The Bertz CT molecular complexity index is 539. The maximum Gasteiger partial charge on any atom is 0.252 e. The number of nitrogens with zero attached hydrogens (tertiary/aromatic N) is 1. The summed E-state index contributed by atoms with van der Waals surface area (Å²) in [7, 11) is 3.31. The molecule has 0 saturated carbocycles. The highest BCUT2D eigenvalue weighted by Crippen LogP contribution is 2.39. The highest BCUT2D eigenvalue weighted by molar-refractivity contribution is 5.82. The summed E-state index contributed by atoms with van der Waals surface area (Å²) < 4.78 is 16.4. The molecule has 2 aliphatic heterocycles. The highest BCUT2D eigenvalue weighted by atomic mass is 16.5. The summed E-state index contributed by atoms with van der Waals surface area (Å²) in [5, 5.41) is 0. The van der Waals surface area contributed by atoms with Gasteiger partial charge in [-0.2, -0.15) is 0 Å². The molecule has 2 heterocycles. The number of amides is 1. The van der Waals surface area contributed by atoms with Crippen molar-refractivity contribution in [1.29, 1.82) is 0 Å². The quantitative estimate of drug-likeness (QED) is 0.858. The van der Waals surface area contributed by atoms with E-state index in [0.717, 1.165) is 49.3 Å². The lowest BCUT2D eigenvalue weighted by Crippen LogP contribution is -2.38. The normalized spacial score (nSPS) is 24.5. The van der Waals surface area contributed by atoms with E-state index >= 15 is 0 Å². The van der Waals surface area contributed by atoms with E-state index in [1.807, 2.05) is 23.1 Å². The Hall–Kier alpha value is -1.75. The van der Waals surface area contributed by atoms with Gasteiger partial charge in [0.15, 0.2) is 0 Å². The zero-order valence-electron chi connectivity index (χ0n) is 13.2. The maximum atomic E-state index is 12.7. The van der Waals surface area contributed by atoms with Crippen LogP contribution in [-0.4, -0.2) is 44.3 Å². The molecule has 0 radical (unpaired) electrons. The van der Waals surface area contributed by atoms with Crippen molar-refractivity contribution in [3.63, 3.8) is 0 Å². The fraction of sp³-hybridized carbons (Fsp3) is 0.588. The van der Waals surface area contributed by atoms with Crippen LogP contribution in [0.5, 0.6) is 11.5 Å². The highest BCUT2D eigenvalue weighted by Gasteiger charge is 2.37. The van der Waals surface area contributed by atoms with Gasteiger partial charge >= 0.3 is 0 Å². The number of methoxy groups -OCH3 is 2. The minimum atomic E-state index is -0.266. The molecule has 5 nitrogen and oxygen atoms in total. The summed E-state index contributed by atoms with van der Waals surface area (Å²) in [6, 6.07) is 5.80. The lowest BCUT2D eigenvalue weighted by Gasteiger charge is -2.28. The molecule has 1 aromatic rings. The lowest BCUT2D eigenvalue weighted by atomic mass is 10.0. The summed E-state index contributed by atoms with van der Waals surface area (Å²) in [5.41, 5.74) is 1.02. The van der Waals surface area contributed by atoms with E-state index in [2.05, 4.69) is 0 Å². The fourth-order valence-electron chi connectivity index (χ4n) is 3.41. The molecule has 2 unspecified atom stereocenters. The standard InChI is InChI=1S/C17H23NO4/c1-20-12-7-8-15(21-2)13(11-12)14-5-3-9-18(14)17(19)16-6-4-10-22-16/h7-8,11,14,16H,3-6,9-10H2,1-2H3. The number of rotatable bonds is 4. The van der Waals surface area contributed by atoms with Gasteiger partial charge in [-0.1, -0.05) is 0 Å². The van der Waals surface area contributed by atoms with Crippen LogP contribution in [0.25, 0.3) is 0 Å². The van der Waals surface area contributed by atoms with Gasteiger partial charge in [0, 0.05) is 18.7 Å². The molecule has 3 rings (SSSR count). The van der Waals surface area contributed by atoms with Crippen molar-refractivity contribution in [3.05, 3.63) is 23.8 Å². The zero-order chi connectivity index (χ0) is 15.5. The molecule has 5 heteroatoms. The van der Waals surface area contributed by atoms with Gasteiger partial charge in [0.2, 0.25) is 0 Å². The van der Waals surface area contributed by atoms with Crippen LogP contribution in [0, 0.1) is 0 Å². The van der Waals surface area contributed by atoms with Crippen LogP contribution >= 0.6 is 0 Å². The largest absolute Gasteiger partial charge is 0.497 e. The predicted molar refractivity (Wildman–Crippen MR) is 82.2 cm³/mol. The molecule has 0 N–H and O–H groups in total. The van der Waals surface area contributed by atoms with Crippen LogP contribution in [-0.2, 0) is 9.53 Å². The minimum absolute atomic E-state index is 0.0433. The molecule has 2 aliphatic rings. The second kappa shape index (κ2) is 6.57. The van der Waals surface area contributed by atoms with Gasteiger partial charge < -0.3 is 19.1 Å². The van der Waals surface area contributed by atoms with Gasteiger partial charge in [0.1, 0.15) is 17.6 Å².